The number of halogens is 1. The number of pyridine rings is 1. The maximum Gasteiger partial charge on any atom is 0.310 e. The second-order valence-corrected chi connectivity index (χ2v) is 7.82. The van der Waals surface area contributed by atoms with Crippen molar-refractivity contribution in [2.45, 2.75) is 37.7 Å². The van der Waals surface area contributed by atoms with Crippen LogP contribution in [0.2, 0.25) is 0 Å². The molecule has 1 fully saturated rings. The Morgan fingerprint density at radius 1 is 1.13 bits per heavy atom. The summed E-state index contributed by atoms with van der Waals surface area (Å²) >= 11 is 0. The summed E-state index contributed by atoms with van der Waals surface area (Å²) in [6, 6.07) is 14.0. The Labute approximate surface area is 178 Å². The third-order valence-corrected chi connectivity index (χ3v) is 5.33. The quantitative estimate of drug-likeness (QED) is 0.516. The first-order chi connectivity index (χ1) is 14.9. The van der Waals surface area contributed by atoms with Crippen LogP contribution < -0.4 is 0 Å². The van der Waals surface area contributed by atoms with Gasteiger partial charge in [0.05, 0.1) is 17.3 Å². The highest BCUT2D eigenvalue weighted by Gasteiger charge is 2.29. The van der Waals surface area contributed by atoms with E-state index < -0.39 is 24.3 Å². The highest BCUT2D eigenvalue weighted by Crippen LogP contribution is 2.45. The number of hydrogen-bond acceptors (Lipinski definition) is 4. The number of fused-ring (bicyclic) bond motifs is 1. The molecule has 0 aliphatic heterocycles. The number of carboxylic acid groups (broad SMARTS) is 1. The van der Waals surface area contributed by atoms with E-state index in [9.17, 15) is 19.1 Å². The van der Waals surface area contributed by atoms with E-state index in [1.54, 1.807) is 18.2 Å². The molecule has 1 heterocycles. The van der Waals surface area contributed by atoms with Crippen molar-refractivity contribution in [2.24, 2.45) is 0 Å². The van der Waals surface area contributed by atoms with Crippen LogP contribution in [-0.4, -0.2) is 33.1 Å². The van der Waals surface area contributed by atoms with Gasteiger partial charge in [0.25, 0.3) is 0 Å². The molecule has 0 amide bonds. The van der Waals surface area contributed by atoms with Gasteiger partial charge in [-0.25, -0.2) is 4.39 Å². The lowest BCUT2D eigenvalue weighted by Crippen LogP contribution is -2.14. The third-order valence-electron chi connectivity index (χ3n) is 5.33. The second kappa shape index (κ2) is 8.78. The van der Waals surface area contributed by atoms with Crippen molar-refractivity contribution in [1.82, 2.24) is 4.98 Å². The first-order valence-electron chi connectivity index (χ1n) is 10.2. The van der Waals surface area contributed by atoms with Gasteiger partial charge in [0, 0.05) is 28.9 Å². The molecule has 1 aliphatic carbocycles. The zero-order chi connectivity index (χ0) is 22.0. The third kappa shape index (κ3) is 4.86. The Morgan fingerprint density at radius 2 is 1.84 bits per heavy atom. The van der Waals surface area contributed by atoms with Gasteiger partial charge in [-0.15, -0.1) is 0 Å². The van der Waals surface area contributed by atoms with Gasteiger partial charge in [-0.1, -0.05) is 42.5 Å². The first-order valence-corrected chi connectivity index (χ1v) is 10.2. The summed E-state index contributed by atoms with van der Waals surface area (Å²) in [5.74, 6) is -1.76. The fourth-order valence-electron chi connectivity index (χ4n) is 3.76. The Morgan fingerprint density at radius 3 is 2.52 bits per heavy atom. The standard InChI is InChI=1S/C25H22FNO4/c26-17-9-7-15(8-10-17)24-20-3-1-2-4-22(20)27-25(16-5-6-16)21(24)12-11-18(28)13-19(29)14-23(30)31/h1-4,7-12,16,18,28H,5-6,13-14H2,(H,30,31). The Balaban J connectivity index is 1.80. The minimum absolute atomic E-state index is 0.269. The van der Waals surface area contributed by atoms with Crippen molar-refractivity contribution in [3.8, 4) is 11.1 Å². The normalized spacial score (nSPS) is 14.8. The lowest BCUT2D eigenvalue weighted by atomic mass is 9.92. The van der Waals surface area contributed by atoms with E-state index >= 15 is 0 Å². The molecule has 5 nitrogen and oxygen atoms in total. The Hall–Kier alpha value is -3.38. The summed E-state index contributed by atoms with van der Waals surface area (Å²) in [6.45, 7) is 0. The molecule has 3 aromatic rings. The minimum atomic E-state index is -1.21. The molecule has 2 N–H and O–H groups in total. The van der Waals surface area contributed by atoms with Crippen LogP contribution in [-0.2, 0) is 9.59 Å². The maximum atomic E-state index is 13.6. The lowest BCUT2D eigenvalue weighted by molar-refractivity contribution is -0.140. The van der Waals surface area contributed by atoms with Gasteiger partial charge in [0.1, 0.15) is 18.0 Å². The molecule has 1 unspecified atom stereocenters. The van der Waals surface area contributed by atoms with Crippen LogP contribution >= 0.6 is 0 Å². The molecule has 0 bridgehead atoms. The van der Waals surface area contributed by atoms with Crippen molar-refractivity contribution in [3.05, 3.63) is 71.7 Å². The minimum Gasteiger partial charge on any atom is -0.481 e. The largest absolute Gasteiger partial charge is 0.481 e. The SMILES string of the molecule is O=C(O)CC(=O)CC(O)C=Cc1c(C2CC2)nc2ccccc2c1-c1ccc(F)cc1. The van der Waals surface area contributed by atoms with E-state index in [2.05, 4.69) is 0 Å². The van der Waals surface area contributed by atoms with E-state index in [0.29, 0.717) is 5.92 Å². The highest BCUT2D eigenvalue weighted by atomic mass is 19.1. The van der Waals surface area contributed by atoms with Gasteiger partial charge in [0.2, 0.25) is 0 Å². The smallest absolute Gasteiger partial charge is 0.310 e. The van der Waals surface area contributed by atoms with Gasteiger partial charge < -0.3 is 10.2 Å². The molecule has 1 aliphatic rings. The summed E-state index contributed by atoms with van der Waals surface area (Å²) < 4.78 is 13.6. The van der Waals surface area contributed by atoms with Crippen molar-refractivity contribution in [1.29, 1.82) is 0 Å². The number of Topliss-reactive ketones (excluding diaryl/α,β-unsaturated/α-hetero) is 1. The number of benzene rings is 2. The van der Waals surface area contributed by atoms with E-state index in [1.807, 2.05) is 24.3 Å². The molecule has 0 saturated heterocycles. The molecule has 0 radical (unpaired) electrons. The van der Waals surface area contributed by atoms with Gasteiger partial charge in [-0.05, 0) is 36.6 Å². The van der Waals surface area contributed by atoms with Gasteiger partial charge >= 0.3 is 5.97 Å². The van der Waals surface area contributed by atoms with E-state index in [0.717, 1.165) is 46.1 Å². The number of hydrogen-bond donors (Lipinski definition) is 2. The van der Waals surface area contributed by atoms with Crippen LogP contribution in [0.25, 0.3) is 28.1 Å². The molecular weight excluding hydrogens is 397 g/mol. The Kier molecular flexibility index (Phi) is 5.91. The maximum absolute atomic E-state index is 13.6. The van der Waals surface area contributed by atoms with Gasteiger partial charge in [-0.3, -0.25) is 14.6 Å². The van der Waals surface area contributed by atoms with Crippen LogP contribution in [0.15, 0.2) is 54.6 Å². The fraction of sp³-hybridized carbons (Fsp3) is 0.240. The highest BCUT2D eigenvalue weighted by molar-refractivity contribution is 5.99. The Bertz CT molecular complexity index is 1170. The number of nitrogens with zero attached hydrogens (tertiary/aromatic N) is 1. The number of rotatable bonds is 8. The zero-order valence-electron chi connectivity index (χ0n) is 16.8. The molecule has 2 aromatic carbocycles. The molecule has 1 saturated carbocycles. The molecule has 1 aromatic heterocycles. The number of ketones is 1. The van der Waals surface area contributed by atoms with E-state index in [1.165, 1.54) is 18.2 Å². The van der Waals surface area contributed by atoms with Crippen LogP contribution in [0.3, 0.4) is 0 Å². The van der Waals surface area contributed by atoms with Crippen LogP contribution in [0.5, 0.6) is 0 Å². The van der Waals surface area contributed by atoms with E-state index in [4.69, 9.17) is 10.1 Å². The predicted molar refractivity (Wildman–Crippen MR) is 116 cm³/mol. The molecule has 31 heavy (non-hydrogen) atoms. The number of para-hydroxylation sites is 1. The topological polar surface area (TPSA) is 87.5 Å². The molecule has 6 heteroatoms. The number of aliphatic hydroxyl groups excluding tert-OH is 1. The summed E-state index contributed by atoms with van der Waals surface area (Å²) in [5.41, 5.74) is 4.32. The van der Waals surface area contributed by atoms with E-state index in [-0.39, 0.29) is 12.2 Å². The first kappa shape index (κ1) is 20.9. The van der Waals surface area contributed by atoms with Crippen molar-refractivity contribution in [3.63, 3.8) is 0 Å². The lowest BCUT2D eigenvalue weighted by Gasteiger charge is -2.16. The second-order valence-electron chi connectivity index (χ2n) is 7.82. The van der Waals surface area contributed by atoms with Crippen LogP contribution in [0, 0.1) is 5.82 Å². The molecule has 0 spiro atoms. The average Bonchev–Trinajstić information content (AvgIpc) is 3.56. The zero-order valence-corrected chi connectivity index (χ0v) is 16.8. The van der Waals surface area contributed by atoms with Gasteiger partial charge in [-0.2, -0.15) is 0 Å². The summed E-state index contributed by atoms with van der Waals surface area (Å²) in [6.07, 6.45) is 3.31. The van der Waals surface area contributed by atoms with Crippen molar-refractivity contribution in [2.75, 3.05) is 0 Å². The average molecular weight is 419 g/mol. The predicted octanol–water partition coefficient (Wildman–Crippen LogP) is 4.73. The van der Waals surface area contributed by atoms with Crippen molar-refractivity contribution >= 4 is 28.7 Å². The molecule has 1 atom stereocenters. The fourth-order valence-corrected chi connectivity index (χ4v) is 3.76. The summed E-state index contributed by atoms with van der Waals surface area (Å²) in [7, 11) is 0. The molecule has 158 valence electrons. The molecular formula is C25H22FNO4. The number of carbonyl (C=O) groups is 2. The number of aliphatic hydroxyl groups is 1. The summed E-state index contributed by atoms with van der Waals surface area (Å²) in [5, 5.41) is 19.9. The molecule has 4 rings (SSSR count). The van der Waals surface area contributed by atoms with Crippen LogP contribution in [0.4, 0.5) is 4.39 Å². The van der Waals surface area contributed by atoms with Crippen molar-refractivity contribution < 1.29 is 24.2 Å². The number of carboxylic acids is 1. The number of carbonyl (C=O) groups excluding carboxylic acids is 1. The number of aliphatic carboxylic acids is 1. The van der Waals surface area contributed by atoms with Gasteiger partial charge in [0.15, 0.2) is 0 Å². The van der Waals surface area contributed by atoms with Crippen LogP contribution in [0.1, 0.15) is 42.9 Å². The number of aromatic nitrogens is 1. The monoisotopic (exact) mass is 419 g/mol. The summed E-state index contributed by atoms with van der Waals surface area (Å²) in [4.78, 5) is 27.3.